The summed E-state index contributed by atoms with van der Waals surface area (Å²) in [6.45, 7) is 4.17. The molecule has 1 heterocycles. The number of anilines is 2. The van der Waals surface area contributed by atoms with Crippen molar-refractivity contribution in [2.24, 2.45) is 0 Å². The van der Waals surface area contributed by atoms with Crippen LogP contribution < -0.4 is 5.32 Å². The van der Waals surface area contributed by atoms with Gasteiger partial charge in [-0.1, -0.05) is 18.2 Å². The molecule has 0 aliphatic carbocycles. The highest BCUT2D eigenvalue weighted by atomic mass is 79.9. The zero-order chi connectivity index (χ0) is 14.1. The highest BCUT2D eigenvalue weighted by Crippen LogP contribution is 2.28. The molecule has 0 saturated carbocycles. The zero-order valence-electron chi connectivity index (χ0n) is 11.3. The average molecular weight is 328 g/mol. The van der Waals surface area contributed by atoms with Crippen LogP contribution in [-0.2, 0) is 0 Å². The van der Waals surface area contributed by atoms with Crippen LogP contribution in [0.3, 0.4) is 0 Å². The van der Waals surface area contributed by atoms with Gasteiger partial charge in [0.1, 0.15) is 12.1 Å². The summed E-state index contributed by atoms with van der Waals surface area (Å²) in [7, 11) is 0. The number of hydrogen-bond donors (Lipinski definition) is 1. The van der Waals surface area contributed by atoms with Crippen LogP contribution in [0.25, 0.3) is 10.9 Å². The number of fused-ring (bicyclic) bond motifs is 1. The molecule has 0 spiro atoms. The fourth-order valence-electron chi connectivity index (χ4n) is 2.15. The van der Waals surface area contributed by atoms with Crippen molar-refractivity contribution in [3.8, 4) is 0 Å². The molecule has 3 rings (SSSR count). The lowest BCUT2D eigenvalue weighted by Crippen LogP contribution is -1.98. The van der Waals surface area contributed by atoms with Gasteiger partial charge in [-0.2, -0.15) is 0 Å². The highest BCUT2D eigenvalue weighted by molar-refractivity contribution is 9.10. The zero-order valence-corrected chi connectivity index (χ0v) is 12.9. The largest absolute Gasteiger partial charge is 0.339 e. The van der Waals surface area contributed by atoms with Crippen LogP contribution in [0.15, 0.2) is 47.2 Å². The lowest BCUT2D eigenvalue weighted by atomic mass is 10.1. The molecule has 0 unspecified atom stereocenters. The molecule has 100 valence electrons. The minimum atomic E-state index is 0.824. The van der Waals surface area contributed by atoms with Gasteiger partial charge in [-0.05, 0) is 59.1 Å². The maximum atomic E-state index is 4.37. The van der Waals surface area contributed by atoms with E-state index in [0.29, 0.717) is 0 Å². The van der Waals surface area contributed by atoms with Crippen LogP contribution >= 0.6 is 15.9 Å². The monoisotopic (exact) mass is 327 g/mol. The Balaban J connectivity index is 2.11. The van der Waals surface area contributed by atoms with Crippen LogP contribution in [0.2, 0.25) is 0 Å². The summed E-state index contributed by atoms with van der Waals surface area (Å²) in [6, 6.07) is 12.3. The van der Waals surface area contributed by atoms with E-state index in [9.17, 15) is 0 Å². The Hall–Kier alpha value is -1.94. The average Bonchev–Trinajstić information content (AvgIpc) is 2.44. The van der Waals surface area contributed by atoms with E-state index < -0.39 is 0 Å². The Labute approximate surface area is 126 Å². The van der Waals surface area contributed by atoms with Crippen molar-refractivity contribution in [1.29, 1.82) is 0 Å². The number of aromatic nitrogens is 2. The molecule has 1 aromatic heterocycles. The summed E-state index contributed by atoms with van der Waals surface area (Å²) < 4.78 is 0.974. The molecule has 0 aliphatic rings. The quantitative estimate of drug-likeness (QED) is 0.737. The smallest absolute Gasteiger partial charge is 0.141 e. The van der Waals surface area contributed by atoms with Gasteiger partial charge in [0.05, 0.1) is 5.52 Å². The molecular weight excluding hydrogens is 314 g/mol. The van der Waals surface area contributed by atoms with Crippen LogP contribution in [0.1, 0.15) is 11.1 Å². The molecule has 1 N–H and O–H groups in total. The lowest BCUT2D eigenvalue weighted by molar-refractivity contribution is 1.21. The Morgan fingerprint density at radius 2 is 1.90 bits per heavy atom. The maximum Gasteiger partial charge on any atom is 0.141 e. The fourth-order valence-corrected chi connectivity index (χ4v) is 2.62. The van der Waals surface area contributed by atoms with Gasteiger partial charge < -0.3 is 5.32 Å². The van der Waals surface area contributed by atoms with E-state index in [4.69, 9.17) is 0 Å². The maximum absolute atomic E-state index is 4.37. The van der Waals surface area contributed by atoms with Crippen molar-refractivity contribution in [2.75, 3.05) is 5.32 Å². The SMILES string of the molecule is Cc1ccc(C)c(Nc2ncnc3c(Br)cccc23)c1. The second-order valence-corrected chi connectivity index (χ2v) is 5.66. The number of nitrogens with one attached hydrogen (secondary N) is 1. The molecule has 0 bridgehead atoms. The van der Waals surface area contributed by atoms with Gasteiger partial charge in [0.2, 0.25) is 0 Å². The van der Waals surface area contributed by atoms with E-state index >= 15 is 0 Å². The van der Waals surface area contributed by atoms with Gasteiger partial charge in [-0.25, -0.2) is 9.97 Å². The predicted molar refractivity (Wildman–Crippen MR) is 86.4 cm³/mol. The molecule has 0 atom stereocenters. The van der Waals surface area contributed by atoms with Gasteiger partial charge in [0.25, 0.3) is 0 Å². The molecule has 3 nitrogen and oxygen atoms in total. The first-order valence-electron chi connectivity index (χ1n) is 6.38. The lowest BCUT2D eigenvalue weighted by Gasteiger charge is -2.12. The van der Waals surface area contributed by atoms with E-state index in [1.165, 1.54) is 11.1 Å². The first-order chi connectivity index (χ1) is 9.65. The molecule has 0 aliphatic heterocycles. The van der Waals surface area contributed by atoms with Crippen molar-refractivity contribution >= 4 is 38.3 Å². The predicted octanol–water partition coefficient (Wildman–Crippen LogP) is 4.75. The Morgan fingerprint density at radius 1 is 1.05 bits per heavy atom. The first kappa shape index (κ1) is 13.1. The molecule has 0 saturated heterocycles. The molecule has 4 heteroatoms. The molecule has 0 radical (unpaired) electrons. The fraction of sp³-hybridized carbons (Fsp3) is 0.125. The van der Waals surface area contributed by atoms with Gasteiger partial charge in [-0.15, -0.1) is 0 Å². The van der Waals surface area contributed by atoms with E-state index in [-0.39, 0.29) is 0 Å². The summed E-state index contributed by atoms with van der Waals surface area (Å²) in [5, 5.41) is 4.41. The topological polar surface area (TPSA) is 37.8 Å². The van der Waals surface area contributed by atoms with Gasteiger partial charge >= 0.3 is 0 Å². The number of halogens is 1. The van der Waals surface area contributed by atoms with E-state index in [0.717, 1.165) is 26.9 Å². The molecule has 20 heavy (non-hydrogen) atoms. The van der Waals surface area contributed by atoms with Crippen molar-refractivity contribution in [1.82, 2.24) is 9.97 Å². The van der Waals surface area contributed by atoms with Crippen LogP contribution in [-0.4, -0.2) is 9.97 Å². The van der Waals surface area contributed by atoms with Gasteiger partial charge in [0.15, 0.2) is 0 Å². The molecule has 3 aromatic rings. The first-order valence-corrected chi connectivity index (χ1v) is 7.18. The third-order valence-electron chi connectivity index (χ3n) is 3.26. The third kappa shape index (κ3) is 2.39. The van der Waals surface area contributed by atoms with E-state index in [2.05, 4.69) is 63.3 Å². The number of benzene rings is 2. The minimum absolute atomic E-state index is 0.824. The number of nitrogens with zero attached hydrogens (tertiary/aromatic N) is 2. The van der Waals surface area contributed by atoms with Crippen molar-refractivity contribution in [3.05, 3.63) is 58.3 Å². The minimum Gasteiger partial charge on any atom is -0.339 e. The summed E-state index contributed by atoms with van der Waals surface area (Å²) in [4.78, 5) is 8.70. The van der Waals surface area contributed by atoms with Crippen LogP contribution in [0, 0.1) is 13.8 Å². The molecule has 0 amide bonds. The van der Waals surface area contributed by atoms with Crippen LogP contribution in [0.4, 0.5) is 11.5 Å². The van der Waals surface area contributed by atoms with E-state index in [1.54, 1.807) is 6.33 Å². The number of para-hydroxylation sites is 1. The van der Waals surface area contributed by atoms with Crippen molar-refractivity contribution < 1.29 is 0 Å². The number of hydrogen-bond acceptors (Lipinski definition) is 3. The van der Waals surface area contributed by atoms with Crippen LogP contribution in [0.5, 0.6) is 0 Å². The number of aryl methyl sites for hydroxylation is 2. The third-order valence-corrected chi connectivity index (χ3v) is 3.90. The Morgan fingerprint density at radius 3 is 2.75 bits per heavy atom. The second-order valence-electron chi connectivity index (χ2n) is 4.80. The molecular formula is C16H14BrN3. The standard InChI is InChI=1S/C16H14BrN3/c1-10-6-7-11(2)14(8-10)20-16-12-4-3-5-13(17)15(12)18-9-19-16/h3-9H,1-2H3,(H,18,19,20). The molecule has 0 fully saturated rings. The second kappa shape index (κ2) is 5.21. The van der Waals surface area contributed by atoms with E-state index in [1.807, 2.05) is 18.2 Å². The number of rotatable bonds is 2. The summed E-state index contributed by atoms with van der Waals surface area (Å²) in [6.07, 6.45) is 1.58. The normalized spacial score (nSPS) is 10.8. The van der Waals surface area contributed by atoms with Crippen molar-refractivity contribution in [2.45, 2.75) is 13.8 Å². The Bertz CT molecular complexity index is 784. The van der Waals surface area contributed by atoms with Gasteiger partial charge in [-0.3, -0.25) is 0 Å². The van der Waals surface area contributed by atoms with Crippen molar-refractivity contribution in [3.63, 3.8) is 0 Å². The molecule has 2 aromatic carbocycles. The summed E-state index contributed by atoms with van der Waals surface area (Å²) in [5.41, 5.74) is 4.40. The van der Waals surface area contributed by atoms with Gasteiger partial charge in [0, 0.05) is 15.5 Å². The summed E-state index contributed by atoms with van der Waals surface area (Å²) in [5.74, 6) is 0.824. The highest BCUT2D eigenvalue weighted by Gasteiger charge is 2.07. The Kier molecular flexibility index (Phi) is 3.40. The summed E-state index contributed by atoms with van der Waals surface area (Å²) >= 11 is 3.52.